The Balaban J connectivity index is 1.37. The number of hydrogen-bond acceptors (Lipinski definition) is 6. The molecular formula is C17H23N5OS. The van der Waals surface area contributed by atoms with Crippen LogP contribution in [-0.2, 0) is 13.6 Å². The lowest BCUT2D eigenvalue weighted by molar-refractivity contribution is 0.420. The van der Waals surface area contributed by atoms with Crippen LogP contribution in [0.1, 0.15) is 41.5 Å². The van der Waals surface area contributed by atoms with Gasteiger partial charge < -0.3 is 14.8 Å². The van der Waals surface area contributed by atoms with Crippen molar-refractivity contribution in [2.75, 3.05) is 18.0 Å². The molecule has 0 unspecified atom stereocenters. The van der Waals surface area contributed by atoms with Crippen molar-refractivity contribution in [2.24, 2.45) is 7.05 Å². The van der Waals surface area contributed by atoms with E-state index in [9.17, 15) is 4.79 Å². The Morgan fingerprint density at radius 2 is 2.21 bits per heavy atom. The molecule has 0 aromatic carbocycles. The van der Waals surface area contributed by atoms with E-state index in [-0.39, 0.29) is 5.56 Å². The largest absolute Gasteiger partial charge is 0.350 e. The van der Waals surface area contributed by atoms with Crippen LogP contribution in [0.3, 0.4) is 0 Å². The number of hydrogen-bond donors (Lipinski definition) is 1. The minimum Gasteiger partial charge on any atom is -0.350 e. The fourth-order valence-corrected chi connectivity index (χ4v) is 4.24. The third-order valence-electron chi connectivity index (χ3n) is 4.78. The van der Waals surface area contributed by atoms with Crippen LogP contribution in [0, 0.1) is 0 Å². The summed E-state index contributed by atoms with van der Waals surface area (Å²) < 4.78 is 1.59. The first kappa shape index (κ1) is 15.8. The van der Waals surface area contributed by atoms with Crippen LogP contribution in [0.2, 0.25) is 0 Å². The molecule has 3 heterocycles. The van der Waals surface area contributed by atoms with Crippen LogP contribution in [0.5, 0.6) is 0 Å². The molecule has 7 heteroatoms. The molecule has 1 atom stereocenters. The topological polar surface area (TPSA) is 63.1 Å². The summed E-state index contributed by atoms with van der Waals surface area (Å²) >= 11 is 1.84. The first-order chi connectivity index (χ1) is 11.7. The normalized spacial score (nSPS) is 21.2. The van der Waals surface area contributed by atoms with E-state index < -0.39 is 0 Å². The van der Waals surface area contributed by atoms with Crippen LogP contribution >= 0.6 is 11.3 Å². The van der Waals surface area contributed by atoms with Crippen molar-refractivity contribution in [3.63, 3.8) is 0 Å². The molecule has 4 rings (SSSR count). The molecule has 1 aliphatic heterocycles. The maximum absolute atomic E-state index is 12.3. The fourth-order valence-electron chi connectivity index (χ4n) is 3.21. The number of aryl methyl sites for hydroxylation is 1. The predicted octanol–water partition coefficient (Wildman–Crippen LogP) is 1.87. The molecule has 2 aromatic heterocycles. The van der Waals surface area contributed by atoms with Gasteiger partial charge in [0.1, 0.15) is 0 Å². The number of nitrogens with zero attached hydrogens (tertiary/aromatic N) is 4. The summed E-state index contributed by atoms with van der Waals surface area (Å²) in [6, 6.07) is 0.386. The molecule has 1 saturated heterocycles. The maximum Gasteiger partial charge on any atom is 0.293 e. The van der Waals surface area contributed by atoms with Crippen LogP contribution in [0.4, 0.5) is 5.82 Å². The minimum atomic E-state index is -0.0188. The van der Waals surface area contributed by atoms with Gasteiger partial charge in [0, 0.05) is 62.1 Å². The van der Waals surface area contributed by atoms with Gasteiger partial charge in [0.05, 0.1) is 5.01 Å². The first-order valence-electron chi connectivity index (χ1n) is 8.65. The molecule has 0 amide bonds. The molecule has 1 N–H and O–H groups in total. The summed E-state index contributed by atoms with van der Waals surface area (Å²) in [6.45, 7) is 2.60. The van der Waals surface area contributed by atoms with Crippen LogP contribution in [0.25, 0.3) is 0 Å². The summed E-state index contributed by atoms with van der Waals surface area (Å²) in [5.41, 5.74) is -0.0188. The monoisotopic (exact) mass is 345 g/mol. The zero-order valence-corrected chi connectivity index (χ0v) is 14.8. The van der Waals surface area contributed by atoms with Crippen LogP contribution < -0.4 is 15.8 Å². The third kappa shape index (κ3) is 3.37. The van der Waals surface area contributed by atoms with Crippen molar-refractivity contribution >= 4 is 17.2 Å². The van der Waals surface area contributed by atoms with Gasteiger partial charge in [-0.25, -0.2) is 9.97 Å². The highest BCUT2D eigenvalue weighted by atomic mass is 32.1. The number of anilines is 1. The van der Waals surface area contributed by atoms with E-state index in [1.165, 1.54) is 22.7 Å². The highest BCUT2D eigenvalue weighted by molar-refractivity contribution is 7.11. The molecule has 0 radical (unpaired) electrons. The van der Waals surface area contributed by atoms with E-state index in [4.69, 9.17) is 0 Å². The molecule has 2 aromatic rings. The SMILES string of the molecule is Cn1ccnc(N2CCC[C@@H](NCc3cnc(C4CC4)s3)C2)c1=O. The van der Waals surface area contributed by atoms with Crippen molar-refractivity contribution in [3.8, 4) is 0 Å². The van der Waals surface area contributed by atoms with Gasteiger partial charge in [0.15, 0.2) is 5.82 Å². The van der Waals surface area contributed by atoms with Crippen LogP contribution in [0.15, 0.2) is 23.4 Å². The van der Waals surface area contributed by atoms with E-state index >= 15 is 0 Å². The van der Waals surface area contributed by atoms with Crippen molar-refractivity contribution < 1.29 is 0 Å². The molecular weight excluding hydrogens is 322 g/mol. The summed E-state index contributed by atoms with van der Waals surface area (Å²) in [5, 5.41) is 4.94. The zero-order chi connectivity index (χ0) is 16.5. The maximum atomic E-state index is 12.3. The molecule has 128 valence electrons. The standard InChI is InChI=1S/C17H23N5OS/c1-21-8-6-18-15(17(21)23)22-7-2-3-13(11-22)19-9-14-10-20-16(24-14)12-4-5-12/h6,8,10,12-13,19H,2-5,7,9,11H2,1H3/t13-/m1/s1. The van der Waals surface area contributed by atoms with E-state index in [0.29, 0.717) is 11.9 Å². The van der Waals surface area contributed by atoms with E-state index in [1.807, 2.05) is 17.5 Å². The van der Waals surface area contributed by atoms with Gasteiger partial charge in [-0.1, -0.05) is 0 Å². The Kier molecular flexibility index (Phi) is 4.37. The molecule has 0 spiro atoms. The number of rotatable bonds is 5. The predicted molar refractivity (Wildman–Crippen MR) is 95.6 cm³/mol. The number of nitrogens with one attached hydrogen (secondary N) is 1. The zero-order valence-electron chi connectivity index (χ0n) is 13.9. The quantitative estimate of drug-likeness (QED) is 0.896. The van der Waals surface area contributed by atoms with Crippen LogP contribution in [-0.4, -0.2) is 33.7 Å². The number of thiazole rings is 1. The lowest BCUT2D eigenvalue weighted by Gasteiger charge is -2.33. The minimum absolute atomic E-state index is 0.0188. The molecule has 6 nitrogen and oxygen atoms in total. The van der Waals surface area contributed by atoms with Gasteiger partial charge in [-0.05, 0) is 25.7 Å². The summed E-state index contributed by atoms with van der Waals surface area (Å²) in [6.07, 6.45) is 10.2. The van der Waals surface area contributed by atoms with Gasteiger partial charge in [-0.2, -0.15) is 0 Å². The van der Waals surface area contributed by atoms with Gasteiger partial charge in [0.2, 0.25) is 0 Å². The van der Waals surface area contributed by atoms with Crippen molar-refractivity contribution in [1.29, 1.82) is 0 Å². The second kappa shape index (κ2) is 6.64. The Hall–Kier alpha value is -1.73. The Labute approximate surface area is 145 Å². The molecule has 2 aliphatic rings. The smallest absolute Gasteiger partial charge is 0.293 e. The highest BCUT2D eigenvalue weighted by Crippen LogP contribution is 2.41. The van der Waals surface area contributed by atoms with Gasteiger partial charge >= 0.3 is 0 Å². The second-order valence-electron chi connectivity index (χ2n) is 6.77. The third-order valence-corrected chi connectivity index (χ3v) is 5.94. The number of aromatic nitrogens is 3. The van der Waals surface area contributed by atoms with Gasteiger partial charge in [-0.3, -0.25) is 4.79 Å². The lowest BCUT2D eigenvalue weighted by atomic mass is 10.1. The molecule has 1 aliphatic carbocycles. The number of piperidine rings is 1. The molecule has 0 bridgehead atoms. The van der Waals surface area contributed by atoms with Gasteiger partial charge in [0.25, 0.3) is 5.56 Å². The van der Waals surface area contributed by atoms with Crippen molar-refractivity contribution in [2.45, 2.75) is 44.2 Å². The van der Waals surface area contributed by atoms with Gasteiger partial charge in [-0.15, -0.1) is 11.3 Å². The Morgan fingerprint density at radius 3 is 3.04 bits per heavy atom. The van der Waals surface area contributed by atoms with Crippen molar-refractivity contribution in [1.82, 2.24) is 19.9 Å². The lowest BCUT2D eigenvalue weighted by Crippen LogP contribution is -2.47. The van der Waals surface area contributed by atoms with Crippen molar-refractivity contribution in [3.05, 3.63) is 38.8 Å². The summed E-state index contributed by atoms with van der Waals surface area (Å²) in [4.78, 5) is 24.5. The average molecular weight is 345 g/mol. The molecule has 1 saturated carbocycles. The summed E-state index contributed by atoms with van der Waals surface area (Å²) in [7, 11) is 1.77. The van der Waals surface area contributed by atoms with E-state index in [1.54, 1.807) is 24.0 Å². The first-order valence-corrected chi connectivity index (χ1v) is 9.47. The fraction of sp³-hybridized carbons (Fsp3) is 0.588. The average Bonchev–Trinajstić information content (AvgIpc) is 3.34. The molecule has 24 heavy (non-hydrogen) atoms. The second-order valence-corrected chi connectivity index (χ2v) is 7.92. The Bertz CT molecular complexity index is 766. The Morgan fingerprint density at radius 1 is 1.33 bits per heavy atom. The molecule has 2 fully saturated rings. The van der Waals surface area contributed by atoms with E-state index in [0.717, 1.165) is 38.4 Å². The highest BCUT2D eigenvalue weighted by Gasteiger charge is 2.27. The van der Waals surface area contributed by atoms with E-state index in [2.05, 4.69) is 20.2 Å². The summed E-state index contributed by atoms with van der Waals surface area (Å²) in [5.74, 6) is 1.30.